The lowest BCUT2D eigenvalue weighted by molar-refractivity contribution is -0.384. The third-order valence-corrected chi connectivity index (χ3v) is 3.69. The number of aryl methyl sites for hydroxylation is 1. The molecular formula is C15H20N2O2S. The predicted octanol–water partition coefficient (Wildman–Crippen LogP) is 4.88. The lowest BCUT2D eigenvalue weighted by Crippen LogP contribution is -2.05. The predicted molar refractivity (Wildman–Crippen MR) is 87.1 cm³/mol. The molecule has 1 aromatic rings. The maximum atomic E-state index is 11.0. The summed E-state index contributed by atoms with van der Waals surface area (Å²) in [7, 11) is 0. The number of nitrogens with zero attached hydrogens (tertiary/aromatic N) is 1. The zero-order chi connectivity index (χ0) is 15.0. The number of nitro groups is 1. The molecule has 0 aromatic heterocycles. The highest BCUT2D eigenvalue weighted by Crippen LogP contribution is 2.26. The molecule has 0 unspecified atom stereocenters. The van der Waals surface area contributed by atoms with Gasteiger partial charge < -0.3 is 5.32 Å². The number of hydrogen-bond acceptors (Lipinski definition) is 4. The summed E-state index contributed by atoms with van der Waals surface area (Å²) in [6.45, 7) is 6.55. The Kier molecular flexibility index (Phi) is 6.87. The SMILES string of the molecule is C/C=C(/CNc1cc(C)ccc1[N+](=O)[O-])S/C=C/CC. The number of benzene rings is 1. The van der Waals surface area contributed by atoms with Crippen molar-refractivity contribution in [3.8, 4) is 0 Å². The van der Waals surface area contributed by atoms with E-state index in [2.05, 4.69) is 18.3 Å². The number of rotatable bonds is 7. The highest BCUT2D eigenvalue weighted by atomic mass is 32.2. The van der Waals surface area contributed by atoms with Crippen molar-refractivity contribution in [1.29, 1.82) is 0 Å². The van der Waals surface area contributed by atoms with Gasteiger partial charge >= 0.3 is 0 Å². The molecule has 5 heteroatoms. The van der Waals surface area contributed by atoms with Gasteiger partial charge in [-0.1, -0.05) is 25.1 Å². The highest BCUT2D eigenvalue weighted by molar-refractivity contribution is 8.05. The lowest BCUT2D eigenvalue weighted by Gasteiger charge is -2.09. The van der Waals surface area contributed by atoms with Gasteiger partial charge in [0.25, 0.3) is 5.69 Å². The quantitative estimate of drug-likeness (QED) is 0.575. The van der Waals surface area contributed by atoms with Gasteiger partial charge in [0.15, 0.2) is 0 Å². The van der Waals surface area contributed by atoms with E-state index in [1.807, 2.05) is 25.3 Å². The van der Waals surface area contributed by atoms with Gasteiger partial charge in [-0.25, -0.2) is 0 Å². The van der Waals surface area contributed by atoms with E-state index in [1.54, 1.807) is 23.9 Å². The fraction of sp³-hybridized carbons (Fsp3) is 0.333. The highest BCUT2D eigenvalue weighted by Gasteiger charge is 2.13. The minimum atomic E-state index is -0.360. The molecule has 0 aliphatic heterocycles. The van der Waals surface area contributed by atoms with Crippen LogP contribution in [0.5, 0.6) is 0 Å². The fourth-order valence-corrected chi connectivity index (χ4v) is 2.33. The molecule has 0 saturated carbocycles. The molecule has 0 amide bonds. The molecule has 1 aromatic carbocycles. The summed E-state index contributed by atoms with van der Waals surface area (Å²) >= 11 is 1.63. The Morgan fingerprint density at radius 2 is 2.25 bits per heavy atom. The number of allylic oxidation sites excluding steroid dienone is 2. The van der Waals surface area contributed by atoms with E-state index < -0.39 is 0 Å². The van der Waals surface area contributed by atoms with Crippen LogP contribution >= 0.6 is 11.8 Å². The van der Waals surface area contributed by atoms with E-state index in [0.717, 1.165) is 16.9 Å². The van der Waals surface area contributed by atoms with Gasteiger partial charge in [0.05, 0.1) is 4.92 Å². The molecule has 0 aliphatic carbocycles. The van der Waals surface area contributed by atoms with E-state index in [4.69, 9.17) is 0 Å². The summed E-state index contributed by atoms with van der Waals surface area (Å²) in [6.07, 6.45) is 5.10. The maximum Gasteiger partial charge on any atom is 0.292 e. The number of nitro benzene ring substituents is 1. The van der Waals surface area contributed by atoms with Crippen LogP contribution in [0.25, 0.3) is 0 Å². The molecule has 0 bridgehead atoms. The first-order valence-corrected chi connectivity index (χ1v) is 7.42. The van der Waals surface area contributed by atoms with E-state index >= 15 is 0 Å². The van der Waals surface area contributed by atoms with Crippen LogP contribution in [-0.4, -0.2) is 11.5 Å². The molecule has 0 saturated heterocycles. The molecule has 0 radical (unpaired) electrons. The van der Waals surface area contributed by atoms with Crippen molar-refractivity contribution >= 4 is 23.1 Å². The first-order valence-electron chi connectivity index (χ1n) is 6.54. The van der Waals surface area contributed by atoms with E-state index in [1.165, 1.54) is 6.07 Å². The van der Waals surface area contributed by atoms with E-state index in [9.17, 15) is 10.1 Å². The monoisotopic (exact) mass is 292 g/mol. The summed E-state index contributed by atoms with van der Waals surface area (Å²) in [5, 5.41) is 16.2. The molecule has 0 aliphatic rings. The first kappa shape index (κ1) is 16.3. The average molecular weight is 292 g/mol. The second-order valence-corrected chi connectivity index (χ2v) is 5.32. The summed E-state index contributed by atoms with van der Waals surface area (Å²) in [5.41, 5.74) is 1.67. The summed E-state index contributed by atoms with van der Waals surface area (Å²) in [5.74, 6) is 0. The zero-order valence-electron chi connectivity index (χ0n) is 12.1. The van der Waals surface area contributed by atoms with E-state index in [-0.39, 0.29) is 10.6 Å². The molecule has 4 nitrogen and oxygen atoms in total. The Morgan fingerprint density at radius 1 is 1.50 bits per heavy atom. The molecule has 20 heavy (non-hydrogen) atoms. The largest absolute Gasteiger partial charge is 0.375 e. The van der Waals surface area contributed by atoms with Gasteiger partial charge in [-0.15, -0.1) is 11.8 Å². The van der Waals surface area contributed by atoms with Crippen LogP contribution in [0.1, 0.15) is 25.8 Å². The normalized spacial score (nSPS) is 11.8. The van der Waals surface area contributed by atoms with Gasteiger partial charge in [-0.3, -0.25) is 10.1 Å². The van der Waals surface area contributed by atoms with Crippen LogP contribution in [0.15, 0.2) is 40.7 Å². The van der Waals surface area contributed by atoms with Crippen LogP contribution in [0.3, 0.4) is 0 Å². The van der Waals surface area contributed by atoms with Crippen molar-refractivity contribution in [2.75, 3.05) is 11.9 Å². The summed E-state index contributed by atoms with van der Waals surface area (Å²) in [4.78, 5) is 11.8. The fourth-order valence-electron chi connectivity index (χ4n) is 1.58. The molecule has 1 rings (SSSR count). The van der Waals surface area contributed by atoms with Crippen LogP contribution in [0.4, 0.5) is 11.4 Å². The minimum absolute atomic E-state index is 0.111. The number of anilines is 1. The lowest BCUT2D eigenvalue weighted by atomic mass is 10.2. The smallest absolute Gasteiger partial charge is 0.292 e. The molecular weight excluding hydrogens is 272 g/mol. The van der Waals surface area contributed by atoms with Gasteiger partial charge in [0.2, 0.25) is 0 Å². The van der Waals surface area contributed by atoms with E-state index in [0.29, 0.717) is 12.2 Å². The molecule has 1 N–H and O–H groups in total. The Bertz CT molecular complexity index is 525. The Labute approximate surface area is 124 Å². The van der Waals surface area contributed by atoms with Crippen molar-refractivity contribution in [3.63, 3.8) is 0 Å². The first-order chi connectivity index (χ1) is 9.58. The third-order valence-electron chi connectivity index (χ3n) is 2.68. The van der Waals surface area contributed by atoms with Crippen LogP contribution in [-0.2, 0) is 0 Å². The molecule has 0 heterocycles. The Morgan fingerprint density at radius 3 is 2.85 bits per heavy atom. The van der Waals surface area contributed by atoms with Crippen LogP contribution in [0, 0.1) is 17.0 Å². The van der Waals surface area contributed by atoms with Crippen molar-refractivity contribution < 1.29 is 4.92 Å². The zero-order valence-corrected chi connectivity index (χ0v) is 12.9. The summed E-state index contributed by atoms with van der Waals surface area (Å²) < 4.78 is 0. The van der Waals surface area contributed by atoms with Gasteiger partial charge in [-0.05, 0) is 37.3 Å². The molecule has 0 spiro atoms. The second kappa shape index (κ2) is 8.43. The number of thioether (sulfide) groups is 1. The van der Waals surface area contributed by atoms with Crippen molar-refractivity contribution in [3.05, 3.63) is 56.3 Å². The second-order valence-electron chi connectivity index (χ2n) is 4.28. The topological polar surface area (TPSA) is 55.2 Å². The van der Waals surface area contributed by atoms with Crippen LogP contribution in [0.2, 0.25) is 0 Å². The van der Waals surface area contributed by atoms with Gasteiger partial charge in [0.1, 0.15) is 5.69 Å². The summed E-state index contributed by atoms with van der Waals surface area (Å²) in [6, 6.07) is 5.09. The minimum Gasteiger partial charge on any atom is -0.375 e. The van der Waals surface area contributed by atoms with Gasteiger partial charge in [-0.2, -0.15) is 0 Å². The Balaban J connectivity index is 2.75. The van der Waals surface area contributed by atoms with Crippen molar-refractivity contribution in [2.24, 2.45) is 0 Å². The van der Waals surface area contributed by atoms with Gasteiger partial charge in [0, 0.05) is 17.5 Å². The average Bonchev–Trinajstić information content (AvgIpc) is 2.42. The maximum absolute atomic E-state index is 11.0. The molecule has 0 atom stereocenters. The van der Waals surface area contributed by atoms with Crippen LogP contribution < -0.4 is 5.32 Å². The number of hydrogen-bond donors (Lipinski definition) is 1. The Hall–Kier alpha value is -1.75. The van der Waals surface area contributed by atoms with Crippen molar-refractivity contribution in [2.45, 2.75) is 27.2 Å². The van der Waals surface area contributed by atoms with Crippen molar-refractivity contribution in [1.82, 2.24) is 0 Å². The molecule has 108 valence electrons. The molecule has 0 fully saturated rings. The standard InChI is InChI=1S/C15H20N2O2S/c1-4-6-9-20-13(5-2)11-16-14-10-12(3)7-8-15(14)17(18)19/h5-10,16H,4,11H2,1-3H3/b9-6+,13-5-. The number of nitrogens with one attached hydrogen (secondary N) is 1. The third kappa shape index (κ3) is 5.09.